The first-order chi connectivity index (χ1) is 13.1. The van der Waals surface area contributed by atoms with E-state index in [-0.39, 0.29) is 12.5 Å². The highest BCUT2D eigenvalue weighted by molar-refractivity contribution is 7.13. The number of carbonyl (C=O) groups excluding carboxylic acids is 1. The monoisotopic (exact) mass is 387 g/mol. The molecule has 3 rings (SSSR count). The number of thiophene rings is 1. The fourth-order valence-electron chi connectivity index (χ4n) is 2.52. The molecule has 0 radical (unpaired) electrons. The zero-order chi connectivity index (χ0) is 19.2. The standard InChI is InChI=1S/C19H21N3O4S/c1-4-22(12-17-20-18(21-26-17)16-9-6-10-27-16)19(23)13(2)25-15-8-5-7-14(11-15)24-3/h5-11,13H,4,12H2,1-3H3/t13-/m0/s1. The molecule has 1 aromatic carbocycles. The molecule has 3 aromatic rings. The molecule has 142 valence electrons. The van der Waals surface area contributed by atoms with Crippen LogP contribution < -0.4 is 9.47 Å². The molecule has 27 heavy (non-hydrogen) atoms. The molecule has 0 spiro atoms. The van der Waals surface area contributed by atoms with Crippen molar-refractivity contribution in [1.82, 2.24) is 15.0 Å². The maximum atomic E-state index is 12.8. The van der Waals surface area contributed by atoms with Gasteiger partial charge < -0.3 is 18.9 Å². The quantitative estimate of drug-likeness (QED) is 0.587. The summed E-state index contributed by atoms with van der Waals surface area (Å²) in [5, 5.41) is 5.93. The molecule has 1 atom stereocenters. The smallest absolute Gasteiger partial charge is 0.263 e. The molecule has 2 heterocycles. The Kier molecular flexibility index (Phi) is 6.08. The van der Waals surface area contributed by atoms with Crippen molar-refractivity contribution in [3.63, 3.8) is 0 Å². The largest absolute Gasteiger partial charge is 0.497 e. The number of rotatable bonds is 8. The summed E-state index contributed by atoms with van der Waals surface area (Å²) in [5.41, 5.74) is 0. The summed E-state index contributed by atoms with van der Waals surface area (Å²) in [7, 11) is 1.58. The summed E-state index contributed by atoms with van der Waals surface area (Å²) in [6.45, 7) is 4.35. The van der Waals surface area contributed by atoms with E-state index in [1.807, 2.05) is 36.6 Å². The number of aromatic nitrogens is 2. The average molecular weight is 387 g/mol. The van der Waals surface area contributed by atoms with Crippen molar-refractivity contribution in [3.05, 3.63) is 47.7 Å². The van der Waals surface area contributed by atoms with E-state index < -0.39 is 6.10 Å². The Morgan fingerprint density at radius 2 is 2.11 bits per heavy atom. The van der Waals surface area contributed by atoms with E-state index in [1.54, 1.807) is 31.1 Å². The fourth-order valence-corrected chi connectivity index (χ4v) is 3.17. The predicted octanol–water partition coefficient (Wildman–Crippen LogP) is 3.62. The molecule has 0 saturated heterocycles. The lowest BCUT2D eigenvalue weighted by molar-refractivity contribution is -0.138. The third kappa shape index (κ3) is 4.65. The molecule has 0 fully saturated rings. The number of nitrogens with zero attached hydrogens (tertiary/aromatic N) is 3. The Labute approximate surface area is 161 Å². The van der Waals surface area contributed by atoms with Gasteiger partial charge in [0.25, 0.3) is 5.91 Å². The van der Waals surface area contributed by atoms with Gasteiger partial charge in [-0.05, 0) is 37.4 Å². The highest BCUT2D eigenvalue weighted by Gasteiger charge is 2.23. The molecule has 7 nitrogen and oxygen atoms in total. The van der Waals surface area contributed by atoms with E-state index in [4.69, 9.17) is 14.0 Å². The number of likely N-dealkylation sites (N-methyl/N-ethyl adjacent to an activating group) is 1. The second-order valence-electron chi connectivity index (χ2n) is 5.78. The Balaban J connectivity index is 1.64. The summed E-state index contributed by atoms with van der Waals surface area (Å²) in [4.78, 5) is 19.7. The van der Waals surface area contributed by atoms with Gasteiger partial charge in [0, 0.05) is 12.6 Å². The highest BCUT2D eigenvalue weighted by atomic mass is 32.1. The van der Waals surface area contributed by atoms with Crippen molar-refractivity contribution in [2.24, 2.45) is 0 Å². The van der Waals surface area contributed by atoms with Crippen LogP contribution in [0.15, 0.2) is 46.3 Å². The number of hydrogen-bond donors (Lipinski definition) is 0. The number of amides is 1. The summed E-state index contributed by atoms with van der Waals surface area (Å²) >= 11 is 1.53. The minimum Gasteiger partial charge on any atom is -0.497 e. The number of carbonyl (C=O) groups is 1. The van der Waals surface area contributed by atoms with Crippen LogP contribution in [0.2, 0.25) is 0 Å². The molecule has 2 aromatic heterocycles. The zero-order valence-electron chi connectivity index (χ0n) is 15.4. The van der Waals surface area contributed by atoms with E-state index in [1.165, 1.54) is 11.3 Å². The van der Waals surface area contributed by atoms with Crippen LogP contribution in [0, 0.1) is 0 Å². The van der Waals surface area contributed by atoms with Crippen molar-refractivity contribution in [2.45, 2.75) is 26.5 Å². The lowest BCUT2D eigenvalue weighted by Gasteiger charge is -2.23. The molecule has 0 aliphatic carbocycles. The van der Waals surface area contributed by atoms with Crippen LogP contribution in [-0.4, -0.2) is 40.7 Å². The lowest BCUT2D eigenvalue weighted by atomic mass is 10.3. The second kappa shape index (κ2) is 8.68. The van der Waals surface area contributed by atoms with Crippen LogP contribution in [0.25, 0.3) is 10.7 Å². The average Bonchev–Trinajstić information content (AvgIpc) is 3.37. The van der Waals surface area contributed by atoms with Gasteiger partial charge in [-0.15, -0.1) is 11.3 Å². The minimum atomic E-state index is -0.656. The number of methoxy groups -OCH3 is 1. The van der Waals surface area contributed by atoms with Crippen LogP contribution in [-0.2, 0) is 11.3 Å². The first-order valence-corrected chi connectivity index (χ1v) is 9.44. The Morgan fingerprint density at radius 1 is 1.30 bits per heavy atom. The molecule has 8 heteroatoms. The van der Waals surface area contributed by atoms with Gasteiger partial charge >= 0.3 is 0 Å². The first-order valence-electron chi connectivity index (χ1n) is 8.56. The van der Waals surface area contributed by atoms with Gasteiger partial charge in [0.1, 0.15) is 18.0 Å². The van der Waals surface area contributed by atoms with Gasteiger partial charge in [0.15, 0.2) is 6.10 Å². The van der Waals surface area contributed by atoms with Crippen molar-refractivity contribution < 1.29 is 18.8 Å². The normalized spacial score (nSPS) is 11.8. The maximum absolute atomic E-state index is 12.8. The van der Waals surface area contributed by atoms with Crippen molar-refractivity contribution in [3.8, 4) is 22.2 Å². The Bertz CT molecular complexity index is 879. The Morgan fingerprint density at radius 3 is 2.81 bits per heavy atom. The molecule has 0 bridgehead atoms. The summed E-state index contributed by atoms with van der Waals surface area (Å²) < 4.78 is 16.2. The van der Waals surface area contributed by atoms with E-state index in [0.29, 0.717) is 29.8 Å². The topological polar surface area (TPSA) is 77.7 Å². The van der Waals surface area contributed by atoms with Crippen molar-refractivity contribution in [1.29, 1.82) is 0 Å². The number of ether oxygens (including phenoxy) is 2. The number of hydrogen-bond acceptors (Lipinski definition) is 7. The summed E-state index contributed by atoms with van der Waals surface area (Å²) in [6, 6.07) is 11.0. The molecular weight excluding hydrogens is 366 g/mol. The van der Waals surface area contributed by atoms with E-state index in [0.717, 1.165) is 4.88 Å². The number of benzene rings is 1. The van der Waals surface area contributed by atoms with E-state index in [2.05, 4.69) is 10.1 Å². The van der Waals surface area contributed by atoms with Gasteiger partial charge in [0.05, 0.1) is 12.0 Å². The molecule has 0 unspecified atom stereocenters. The zero-order valence-corrected chi connectivity index (χ0v) is 16.2. The van der Waals surface area contributed by atoms with Crippen molar-refractivity contribution >= 4 is 17.2 Å². The third-order valence-corrected chi connectivity index (χ3v) is 4.80. The highest BCUT2D eigenvalue weighted by Crippen LogP contribution is 2.22. The van der Waals surface area contributed by atoms with Crippen LogP contribution >= 0.6 is 11.3 Å². The van der Waals surface area contributed by atoms with Gasteiger partial charge in [-0.3, -0.25) is 4.79 Å². The van der Waals surface area contributed by atoms with Gasteiger partial charge in [-0.25, -0.2) is 0 Å². The first kappa shape index (κ1) is 18.9. The van der Waals surface area contributed by atoms with Crippen LogP contribution in [0.5, 0.6) is 11.5 Å². The molecule has 1 amide bonds. The summed E-state index contributed by atoms with van der Waals surface area (Å²) in [5.74, 6) is 2.01. The second-order valence-corrected chi connectivity index (χ2v) is 6.73. The van der Waals surface area contributed by atoms with E-state index >= 15 is 0 Å². The summed E-state index contributed by atoms with van der Waals surface area (Å²) in [6.07, 6.45) is -0.656. The van der Waals surface area contributed by atoms with Gasteiger partial charge in [0.2, 0.25) is 11.7 Å². The minimum absolute atomic E-state index is 0.156. The van der Waals surface area contributed by atoms with Crippen LogP contribution in [0.3, 0.4) is 0 Å². The van der Waals surface area contributed by atoms with Crippen molar-refractivity contribution in [2.75, 3.05) is 13.7 Å². The molecule has 0 aliphatic heterocycles. The fraction of sp³-hybridized carbons (Fsp3) is 0.316. The SMILES string of the molecule is CCN(Cc1nc(-c2cccs2)no1)C(=O)[C@H](C)Oc1cccc(OC)c1. The van der Waals surface area contributed by atoms with Gasteiger partial charge in [-0.2, -0.15) is 4.98 Å². The molecule has 0 N–H and O–H groups in total. The molecular formula is C19H21N3O4S. The maximum Gasteiger partial charge on any atom is 0.263 e. The van der Waals surface area contributed by atoms with E-state index in [9.17, 15) is 4.79 Å². The third-order valence-electron chi connectivity index (χ3n) is 3.93. The van der Waals surface area contributed by atoms with Crippen LogP contribution in [0.4, 0.5) is 0 Å². The predicted molar refractivity (Wildman–Crippen MR) is 102 cm³/mol. The van der Waals surface area contributed by atoms with Crippen LogP contribution in [0.1, 0.15) is 19.7 Å². The van der Waals surface area contributed by atoms with Gasteiger partial charge in [-0.1, -0.05) is 17.3 Å². The molecule has 0 saturated carbocycles. The lowest BCUT2D eigenvalue weighted by Crippen LogP contribution is -2.40. The molecule has 0 aliphatic rings. The Hall–Kier alpha value is -2.87.